The lowest BCUT2D eigenvalue weighted by molar-refractivity contribution is 1.20. The molecule has 1 N–H and O–H groups in total. The van der Waals surface area contributed by atoms with Crippen molar-refractivity contribution in [3.05, 3.63) is 39.8 Å². The Balaban J connectivity index is 2.23. The fourth-order valence-corrected chi connectivity index (χ4v) is 3.25. The van der Waals surface area contributed by atoms with Crippen molar-refractivity contribution >= 4 is 50.7 Å². The molecule has 2 aromatic heterocycles. The molecule has 6 heteroatoms. The third kappa shape index (κ3) is 2.27. The van der Waals surface area contributed by atoms with Crippen LogP contribution in [0.5, 0.6) is 0 Å². The van der Waals surface area contributed by atoms with Gasteiger partial charge in [0.1, 0.15) is 9.98 Å². The van der Waals surface area contributed by atoms with Crippen LogP contribution in [0.1, 0.15) is 0 Å². The zero-order chi connectivity index (χ0) is 13.4. The van der Waals surface area contributed by atoms with Crippen molar-refractivity contribution in [1.82, 2.24) is 9.97 Å². The highest BCUT2D eigenvalue weighted by atomic mass is 35.5. The lowest BCUT2D eigenvalue weighted by atomic mass is 10.1. The van der Waals surface area contributed by atoms with E-state index in [0.717, 1.165) is 21.3 Å². The zero-order valence-corrected chi connectivity index (χ0v) is 12.3. The molecule has 0 aliphatic rings. The van der Waals surface area contributed by atoms with E-state index in [9.17, 15) is 0 Å². The van der Waals surface area contributed by atoms with Gasteiger partial charge in [0, 0.05) is 23.0 Å². The molecule has 0 saturated carbocycles. The molecular formula is C13H9Cl2N3S. The number of hydrogen-bond donors (Lipinski definition) is 1. The SMILES string of the molecule is CNc1nc(Cl)c2c(-c3ccc(Cl)cc3)csc2n1. The molecule has 0 atom stereocenters. The van der Waals surface area contributed by atoms with Crippen LogP contribution in [0.2, 0.25) is 10.2 Å². The molecular weight excluding hydrogens is 301 g/mol. The minimum absolute atomic E-state index is 0.459. The van der Waals surface area contributed by atoms with E-state index in [0.29, 0.717) is 16.1 Å². The van der Waals surface area contributed by atoms with Crippen molar-refractivity contribution in [2.24, 2.45) is 0 Å². The van der Waals surface area contributed by atoms with Gasteiger partial charge in [0.15, 0.2) is 0 Å². The van der Waals surface area contributed by atoms with Crippen molar-refractivity contribution in [3.63, 3.8) is 0 Å². The predicted molar refractivity (Wildman–Crippen MR) is 82.4 cm³/mol. The van der Waals surface area contributed by atoms with Gasteiger partial charge in [-0.1, -0.05) is 35.3 Å². The van der Waals surface area contributed by atoms with Gasteiger partial charge in [-0.15, -0.1) is 11.3 Å². The highest BCUT2D eigenvalue weighted by molar-refractivity contribution is 7.17. The minimum atomic E-state index is 0.459. The van der Waals surface area contributed by atoms with Crippen molar-refractivity contribution in [2.75, 3.05) is 12.4 Å². The summed E-state index contributed by atoms with van der Waals surface area (Å²) in [5.74, 6) is 0.530. The number of hydrogen-bond acceptors (Lipinski definition) is 4. The summed E-state index contributed by atoms with van der Waals surface area (Å²) in [6.07, 6.45) is 0. The third-order valence-corrected chi connectivity index (χ3v) is 4.17. The van der Waals surface area contributed by atoms with Crippen LogP contribution in [0.25, 0.3) is 21.3 Å². The number of nitrogens with zero attached hydrogens (tertiary/aromatic N) is 2. The second-order valence-electron chi connectivity index (χ2n) is 3.92. The first-order valence-electron chi connectivity index (χ1n) is 5.57. The Morgan fingerprint density at radius 2 is 1.84 bits per heavy atom. The summed E-state index contributed by atoms with van der Waals surface area (Å²) in [6.45, 7) is 0. The molecule has 0 unspecified atom stereocenters. The Hall–Kier alpha value is -1.36. The molecule has 0 aliphatic heterocycles. The van der Waals surface area contributed by atoms with Crippen molar-refractivity contribution in [3.8, 4) is 11.1 Å². The average molecular weight is 310 g/mol. The molecule has 0 saturated heterocycles. The van der Waals surface area contributed by atoms with Gasteiger partial charge in [-0.3, -0.25) is 0 Å². The Kier molecular flexibility index (Phi) is 3.31. The molecule has 0 spiro atoms. The average Bonchev–Trinajstić information content (AvgIpc) is 2.84. The van der Waals surface area contributed by atoms with Crippen LogP contribution in [-0.2, 0) is 0 Å². The quantitative estimate of drug-likeness (QED) is 0.697. The monoisotopic (exact) mass is 309 g/mol. The van der Waals surface area contributed by atoms with E-state index in [1.807, 2.05) is 29.6 Å². The van der Waals surface area contributed by atoms with Crippen molar-refractivity contribution in [2.45, 2.75) is 0 Å². The number of aromatic nitrogens is 2. The molecule has 96 valence electrons. The standard InChI is InChI=1S/C13H9Cl2N3S/c1-16-13-17-11(15)10-9(6-19-12(10)18-13)7-2-4-8(14)5-3-7/h2-6H,1H3,(H,16,17,18). The van der Waals surface area contributed by atoms with Gasteiger partial charge in [-0.25, -0.2) is 9.97 Å². The summed E-state index contributed by atoms with van der Waals surface area (Å²) in [6, 6.07) is 7.65. The first-order valence-corrected chi connectivity index (χ1v) is 7.21. The minimum Gasteiger partial charge on any atom is -0.357 e. The summed E-state index contributed by atoms with van der Waals surface area (Å²) < 4.78 is 0. The maximum atomic E-state index is 6.26. The van der Waals surface area contributed by atoms with E-state index in [-0.39, 0.29) is 0 Å². The summed E-state index contributed by atoms with van der Waals surface area (Å²) >= 11 is 13.7. The summed E-state index contributed by atoms with van der Waals surface area (Å²) in [5, 5.41) is 6.99. The molecule has 3 rings (SSSR count). The van der Waals surface area contributed by atoms with Gasteiger partial charge in [-0.2, -0.15) is 0 Å². The van der Waals surface area contributed by atoms with Gasteiger partial charge in [0.05, 0.1) is 5.39 Å². The maximum Gasteiger partial charge on any atom is 0.225 e. The van der Waals surface area contributed by atoms with Gasteiger partial charge < -0.3 is 5.32 Å². The van der Waals surface area contributed by atoms with E-state index in [1.165, 1.54) is 0 Å². The molecule has 2 heterocycles. The predicted octanol–water partition coefficient (Wildman–Crippen LogP) is 4.71. The Morgan fingerprint density at radius 1 is 1.11 bits per heavy atom. The molecule has 3 aromatic rings. The van der Waals surface area contributed by atoms with Crippen LogP contribution in [-0.4, -0.2) is 17.0 Å². The lowest BCUT2D eigenvalue weighted by Crippen LogP contribution is -1.95. The fourth-order valence-electron chi connectivity index (χ4n) is 1.85. The molecule has 0 aliphatic carbocycles. The van der Waals surface area contributed by atoms with Crippen LogP contribution >= 0.6 is 34.5 Å². The number of anilines is 1. The highest BCUT2D eigenvalue weighted by Gasteiger charge is 2.13. The Labute approximate surface area is 124 Å². The molecule has 0 amide bonds. The fraction of sp³-hybridized carbons (Fsp3) is 0.0769. The summed E-state index contributed by atoms with van der Waals surface area (Å²) in [7, 11) is 1.77. The van der Waals surface area contributed by atoms with E-state index in [2.05, 4.69) is 15.3 Å². The number of benzene rings is 1. The summed E-state index contributed by atoms with van der Waals surface area (Å²) in [5.41, 5.74) is 2.09. The second-order valence-corrected chi connectivity index (χ2v) is 5.58. The van der Waals surface area contributed by atoms with Crippen LogP contribution in [0, 0.1) is 0 Å². The van der Waals surface area contributed by atoms with Gasteiger partial charge in [0.2, 0.25) is 5.95 Å². The highest BCUT2D eigenvalue weighted by Crippen LogP contribution is 2.37. The van der Waals surface area contributed by atoms with Gasteiger partial charge in [-0.05, 0) is 17.7 Å². The number of halogens is 2. The van der Waals surface area contributed by atoms with E-state index < -0.39 is 0 Å². The van der Waals surface area contributed by atoms with Gasteiger partial charge in [0.25, 0.3) is 0 Å². The van der Waals surface area contributed by atoms with Crippen LogP contribution in [0.3, 0.4) is 0 Å². The van der Waals surface area contributed by atoms with E-state index in [4.69, 9.17) is 23.2 Å². The molecule has 3 nitrogen and oxygen atoms in total. The Bertz CT molecular complexity index is 737. The second kappa shape index (κ2) is 4.96. The number of thiophene rings is 1. The first kappa shape index (κ1) is 12.7. The zero-order valence-electron chi connectivity index (χ0n) is 9.95. The van der Waals surface area contributed by atoms with Crippen LogP contribution in [0.15, 0.2) is 29.6 Å². The van der Waals surface area contributed by atoms with E-state index in [1.54, 1.807) is 18.4 Å². The maximum absolute atomic E-state index is 6.26. The number of nitrogens with one attached hydrogen (secondary N) is 1. The number of rotatable bonds is 2. The smallest absolute Gasteiger partial charge is 0.225 e. The van der Waals surface area contributed by atoms with Crippen molar-refractivity contribution < 1.29 is 0 Å². The van der Waals surface area contributed by atoms with Crippen LogP contribution < -0.4 is 5.32 Å². The van der Waals surface area contributed by atoms with Gasteiger partial charge >= 0.3 is 0 Å². The molecule has 0 radical (unpaired) electrons. The molecule has 1 aromatic carbocycles. The summed E-state index contributed by atoms with van der Waals surface area (Å²) in [4.78, 5) is 9.49. The molecule has 0 fully saturated rings. The molecule has 0 bridgehead atoms. The van der Waals surface area contributed by atoms with Crippen LogP contribution in [0.4, 0.5) is 5.95 Å². The Morgan fingerprint density at radius 3 is 2.53 bits per heavy atom. The normalized spacial score (nSPS) is 10.9. The first-order chi connectivity index (χ1) is 9.19. The number of fused-ring (bicyclic) bond motifs is 1. The molecule has 19 heavy (non-hydrogen) atoms. The largest absolute Gasteiger partial charge is 0.357 e. The topological polar surface area (TPSA) is 37.8 Å². The van der Waals surface area contributed by atoms with Crippen molar-refractivity contribution in [1.29, 1.82) is 0 Å². The lowest BCUT2D eigenvalue weighted by Gasteiger charge is -2.03. The van der Waals surface area contributed by atoms with E-state index >= 15 is 0 Å². The third-order valence-electron chi connectivity index (χ3n) is 2.77.